The van der Waals surface area contributed by atoms with Gasteiger partial charge in [0, 0.05) is 29.5 Å². The lowest BCUT2D eigenvalue weighted by Crippen LogP contribution is -2.39. The van der Waals surface area contributed by atoms with Crippen LogP contribution in [0.2, 0.25) is 0 Å². The number of rotatable bonds is 2. The van der Waals surface area contributed by atoms with Crippen molar-refractivity contribution >= 4 is 17.2 Å². The summed E-state index contributed by atoms with van der Waals surface area (Å²) >= 11 is 1.68. The molecule has 1 aliphatic heterocycles. The molecule has 1 amide bonds. The van der Waals surface area contributed by atoms with Crippen LogP contribution in [0.25, 0.3) is 0 Å². The average molecular weight is 253 g/mol. The summed E-state index contributed by atoms with van der Waals surface area (Å²) in [5, 5.41) is 9.08. The first kappa shape index (κ1) is 12.6. The Hall–Kier alpha value is -0.870. The third kappa shape index (κ3) is 2.69. The molecular weight excluding hydrogens is 234 g/mol. The zero-order chi connectivity index (χ0) is 12.4. The highest BCUT2D eigenvalue weighted by atomic mass is 32.1. The van der Waals surface area contributed by atoms with Gasteiger partial charge in [-0.15, -0.1) is 11.3 Å². The Bertz CT molecular complexity index is 406. The Kier molecular flexibility index (Phi) is 3.84. The third-order valence-electron chi connectivity index (χ3n) is 3.43. The molecule has 1 aliphatic rings. The monoisotopic (exact) mass is 253 g/mol. The number of aliphatic hydroxyl groups is 1. The number of carbonyl (C=O) groups excluding carboxylic acids is 1. The van der Waals surface area contributed by atoms with Crippen LogP contribution in [0.3, 0.4) is 0 Å². The Labute approximate surface area is 106 Å². The lowest BCUT2D eigenvalue weighted by atomic mass is 9.97. The molecule has 0 radical (unpaired) electrons. The van der Waals surface area contributed by atoms with E-state index < -0.39 is 0 Å². The standard InChI is InChI=1S/C13H19NO2S/c1-9-7-12(10(2)17-9)13(16)14-5-3-11(8-15)4-6-14/h7,11,15H,3-6,8H2,1-2H3. The van der Waals surface area contributed by atoms with Crippen molar-refractivity contribution in [3.05, 3.63) is 21.4 Å². The van der Waals surface area contributed by atoms with Crippen LogP contribution < -0.4 is 0 Å². The summed E-state index contributed by atoms with van der Waals surface area (Å²) in [7, 11) is 0. The van der Waals surface area contributed by atoms with E-state index in [4.69, 9.17) is 5.11 Å². The summed E-state index contributed by atoms with van der Waals surface area (Å²) in [5.74, 6) is 0.535. The van der Waals surface area contributed by atoms with Gasteiger partial charge >= 0.3 is 0 Å². The first-order valence-electron chi connectivity index (χ1n) is 6.09. The summed E-state index contributed by atoms with van der Waals surface area (Å²) in [6.45, 7) is 5.84. The molecule has 1 saturated heterocycles. The molecule has 1 N–H and O–H groups in total. The highest BCUT2D eigenvalue weighted by molar-refractivity contribution is 7.12. The predicted octanol–water partition coefficient (Wildman–Crippen LogP) is 2.21. The first-order chi connectivity index (χ1) is 8.11. The number of likely N-dealkylation sites (tertiary alicyclic amines) is 1. The van der Waals surface area contributed by atoms with Crippen LogP contribution in [-0.4, -0.2) is 35.6 Å². The molecule has 17 heavy (non-hydrogen) atoms. The summed E-state index contributed by atoms with van der Waals surface area (Å²) in [5.41, 5.74) is 0.856. The molecule has 0 aromatic carbocycles. The van der Waals surface area contributed by atoms with E-state index in [1.807, 2.05) is 24.8 Å². The maximum atomic E-state index is 12.3. The fraction of sp³-hybridized carbons (Fsp3) is 0.615. The van der Waals surface area contributed by atoms with E-state index in [0.29, 0.717) is 5.92 Å². The zero-order valence-electron chi connectivity index (χ0n) is 10.4. The van der Waals surface area contributed by atoms with Gasteiger partial charge in [-0.25, -0.2) is 0 Å². The van der Waals surface area contributed by atoms with Crippen molar-refractivity contribution in [3.8, 4) is 0 Å². The molecule has 1 aromatic heterocycles. The van der Waals surface area contributed by atoms with Crippen molar-refractivity contribution < 1.29 is 9.90 Å². The topological polar surface area (TPSA) is 40.5 Å². The number of carbonyl (C=O) groups is 1. The van der Waals surface area contributed by atoms with Crippen molar-refractivity contribution in [3.63, 3.8) is 0 Å². The summed E-state index contributed by atoms with van der Waals surface area (Å²) in [6, 6.07) is 1.99. The third-order valence-corrected chi connectivity index (χ3v) is 4.40. The molecule has 3 nitrogen and oxygen atoms in total. The molecule has 2 heterocycles. The number of thiophene rings is 1. The number of hydrogen-bond donors (Lipinski definition) is 1. The molecular formula is C13H19NO2S. The minimum absolute atomic E-state index is 0.156. The smallest absolute Gasteiger partial charge is 0.254 e. The van der Waals surface area contributed by atoms with Crippen LogP contribution in [0.5, 0.6) is 0 Å². The minimum atomic E-state index is 0.156. The van der Waals surface area contributed by atoms with Crippen molar-refractivity contribution in [1.82, 2.24) is 4.90 Å². The lowest BCUT2D eigenvalue weighted by Gasteiger charge is -2.31. The van der Waals surface area contributed by atoms with Crippen LogP contribution in [0.15, 0.2) is 6.07 Å². The predicted molar refractivity (Wildman–Crippen MR) is 69.5 cm³/mol. The van der Waals surface area contributed by atoms with Crippen molar-refractivity contribution in [2.24, 2.45) is 5.92 Å². The average Bonchev–Trinajstić information content (AvgIpc) is 2.68. The normalized spacial score (nSPS) is 17.5. The van der Waals surface area contributed by atoms with Gasteiger partial charge in [0.1, 0.15) is 0 Å². The summed E-state index contributed by atoms with van der Waals surface area (Å²) < 4.78 is 0. The minimum Gasteiger partial charge on any atom is -0.396 e. The van der Waals surface area contributed by atoms with Gasteiger partial charge in [0.25, 0.3) is 5.91 Å². The van der Waals surface area contributed by atoms with Gasteiger partial charge in [0.05, 0.1) is 5.56 Å². The van der Waals surface area contributed by atoms with Crippen molar-refractivity contribution in [2.75, 3.05) is 19.7 Å². The summed E-state index contributed by atoms with van der Waals surface area (Å²) in [4.78, 5) is 16.5. The van der Waals surface area contributed by atoms with Gasteiger partial charge in [-0.3, -0.25) is 4.79 Å². The SMILES string of the molecule is Cc1cc(C(=O)N2CCC(CO)CC2)c(C)s1. The quantitative estimate of drug-likeness (QED) is 0.878. The van der Waals surface area contributed by atoms with E-state index in [1.54, 1.807) is 11.3 Å². The fourth-order valence-electron chi connectivity index (χ4n) is 2.33. The molecule has 0 saturated carbocycles. The maximum absolute atomic E-state index is 12.3. The molecule has 0 aliphatic carbocycles. The second-order valence-corrected chi connectivity index (χ2v) is 6.21. The second kappa shape index (κ2) is 5.19. The van der Waals surface area contributed by atoms with Crippen molar-refractivity contribution in [1.29, 1.82) is 0 Å². The van der Waals surface area contributed by atoms with E-state index in [0.717, 1.165) is 36.4 Å². The Morgan fingerprint density at radius 2 is 2.12 bits per heavy atom. The maximum Gasteiger partial charge on any atom is 0.254 e. The highest BCUT2D eigenvalue weighted by Gasteiger charge is 2.24. The number of amides is 1. The zero-order valence-corrected chi connectivity index (χ0v) is 11.2. The molecule has 0 atom stereocenters. The number of aryl methyl sites for hydroxylation is 2. The number of piperidine rings is 1. The number of nitrogens with zero attached hydrogens (tertiary/aromatic N) is 1. The fourth-order valence-corrected chi connectivity index (χ4v) is 3.25. The van der Waals surface area contributed by atoms with Crippen molar-refractivity contribution in [2.45, 2.75) is 26.7 Å². The molecule has 1 fully saturated rings. The number of aliphatic hydroxyl groups excluding tert-OH is 1. The van der Waals surface area contributed by atoms with Crippen LogP contribution in [0, 0.1) is 19.8 Å². The van der Waals surface area contributed by atoms with Crippen LogP contribution in [0.1, 0.15) is 33.0 Å². The van der Waals surface area contributed by atoms with E-state index in [9.17, 15) is 4.79 Å². The van der Waals surface area contributed by atoms with E-state index in [-0.39, 0.29) is 12.5 Å². The first-order valence-corrected chi connectivity index (χ1v) is 6.90. The van der Waals surface area contributed by atoms with Gasteiger partial charge < -0.3 is 10.0 Å². The van der Waals surface area contributed by atoms with E-state index in [2.05, 4.69) is 0 Å². The van der Waals surface area contributed by atoms with Crippen LogP contribution >= 0.6 is 11.3 Å². The molecule has 0 unspecified atom stereocenters. The second-order valence-electron chi connectivity index (χ2n) is 4.75. The Morgan fingerprint density at radius 3 is 2.59 bits per heavy atom. The molecule has 94 valence electrons. The van der Waals surface area contributed by atoms with E-state index >= 15 is 0 Å². The molecule has 0 bridgehead atoms. The van der Waals surface area contributed by atoms with Gasteiger partial charge in [-0.2, -0.15) is 0 Å². The lowest BCUT2D eigenvalue weighted by molar-refractivity contribution is 0.0650. The largest absolute Gasteiger partial charge is 0.396 e. The van der Waals surface area contributed by atoms with E-state index in [1.165, 1.54) is 4.88 Å². The molecule has 0 spiro atoms. The Morgan fingerprint density at radius 1 is 1.47 bits per heavy atom. The van der Waals surface area contributed by atoms with Crippen LogP contribution in [0.4, 0.5) is 0 Å². The van der Waals surface area contributed by atoms with Crippen LogP contribution in [-0.2, 0) is 0 Å². The van der Waals surface area contributed by atoms with Gasteiger partial charge in [0.2, 0.25) is 0 Å². The Balaban J connectivity index is 2.04. The number of hydrogen-bond acceptors (Lipinski definition) is 3. The van der Waals surface area contributed by atoms with Gasteiger partial charge in [-0.05, 0) is 38.7 Å². The summed E-state index contributed by atoms with van der Waals surface area (Å²) in [6.07, 6.45) is 1.84. The molecule has 4 heteroatoms. The van der Waals surface area contributed by atoms with Gasteiger partial charge in [0.15, 0.2) is 0 Å². The highest BCUT2D eigenvalue weighted by Crippen LogP contribution is 2.24. The molecule has 1 aromatic rings. The van der Waals surface area contributed by atoms with Gasteiger partial charge in [-0.1, -0.05) is 0 Å². The molecule has 2 rings (SSSR count).